The number of esters is 1. The van der Waals surface area contributed by atoms with Crippen LogP contribution < -0.4 is 4.74 Å². The van der Waals surface area contributed by atoms with Gasteiger partial charge in [0.2, 0.25) is 10.0 Å². The predicted molar refractivity (Wildman–Crippen MR) is 95.3 cm³/mol. The number of carbonyl (C=O) groups excluding carboxylic acids is 1. The van der Waals surface area contributed by atoms with E-state index < -0.39 is 16.0 Å². The fraction of sp³-hybridized carbons (Fsp3) is 0.611. The largest absolute Gasteiger partial charge is 0.496 e. The Labute approximate surface area is 150 Å². The number of rotatable bonds is 6. The van der Waals surface area contributed by atoms with Crippen LogP contribution in [0.15, 0.2) is 23.1 Å². The lowest BCUT2D eigenvalue weighted by Crippen LogP contribution is -2.32. The molecule has 2 rings (SSSR count). The van der Waals surface area contributed by atoms with Gasteiger partial charge in [0.25, 0.3) is 0 Å². The second kappa shape index (κ2) is 8.67. The minimum Gasteiger partial charge on any atom is -0.496 e. The monoisotopic (exact) mass is 369 g/mol. The zero-order valence-corrected chi connectivity index (χ0v) is 16.0. The molecule has 1 heterocycles. The van der Waals surface area contributed by atoms with Crippen molar-refractivity contribution in [1.29, 1.82) is 0 Å². The van der Waals surface area contributed by atoms with Gasteiger partial charge in [-0.1, -0.05) is 26.7 Å². The number of hydrogen-bond donors (Lipinski definition) is 0. The van der Waals surface area contributed by atoms with Crippen LogP contribution in [-0.2, 0) is 14.8 Å². The lowest BCUT2D eigenvalue weighted by molar-refractivity contribution is 0.0455. The van der Waals surface area contributed by atoms with Crippen molar-refractivity contribution >= 4 is 16.0 Å². The number of carbonyl (C=O) groups is 1. The van der Waals surface area contributed by atoms with Gasteiger partial charge >= 0.3 is 5.97 Å². The zero-order valence-electron chi connectivity index (χ0n) is 15.2. The molecule has 0 amide bonds. The first-order valence-electron chi connectivity index (χ1n) is 8.71. The van der Waals surface area contributed by atoms with Crippen LogP contribution in [0.5, 0.6) is 5.75 Å². The quantitative estimate of drug-likeness (QED) is 0.721. The van der Waals surface area contributed by atoms with Crippen molar-refractivity contribution in [3.8, 4) is 5.75 Å². The Balaban J connectivity index is 2.32. The van der Waals surface area contributed by atoms with Crippen LogP contribution in [0.4, 0.5) is 0 Å². The molecule has 0 spiro atoms. The highest BCUT2D eigenvalue weighted by molar-refractivity contribution is 7.89. The molecular formula is C18H27NO5S. The average molecular weight is 369 g/mol. The minimum absolute atomic E-state index is 0.103. The van der Waals surface area contributed by atoms with Crippen molar-refractivity contribution in [2.75, 3.05) is 26.8 Å². The maximum absolute atomic E-state index is 12.9. The van der Waals surface area contributed by atoms with E-state index in [9.17, 15) is 13.2 Å². The summed E-state index contributed by atoms with van der Waals surface area (Å²) in [6.07, 6.45) is 3.81. The Morgan fingerprint density at radius 3 is 2.36 bits per heavy atom. The molecule has 0 atom stereocenters. The Hall–Kier alpha value is -1.60. The van der Waals surface area contributed by atoms with Gasteiger partial charge in [0, 0.05) is 13.1 Å². The van der Waals surface area contributed by atoms with Crippen LogP contribution in [0.25, 0.3) is 0 Å². The van der Waals surface area contributed by atoms with Crippen LogP contribution in [0, 0.1) is 5.92 Å². The van der Waals surface area contributed by atoms with Crippen molar-refractivity contribution < 1.29 is 22.7 Å². The van der Waals surface area contributed by atoms with E-state index in [0.717, 1.165) is 25.7 Å². The maximum Gasteiger partial charge on any atom is 0.341 e. The van der Waals surface area contributed by atoms with E-state index >= 15 is 0 Å². The Morgan fingerprint density at radius 1 is 1.16 bits per heavy atom. The molecule has 1 saturated heterocycles. The van der Waals surface area contributed by atoms with Crippen LogP contribution in [-0.4, -0.2) is 45.5 Å². The standard InChI is InChI=1S/C18H27NO5S/c1-14(2)13-24-18(20)16-12-15(8-9-17(16)23-3)25(21,22)19-10-6-4-5-7-11-19/h8-9,12,14H,4-7,10-11,13H2,1-3H3. The third-order valence-electron chi connectivity index (χ3n) is 4.14. The predicted octanol–water partition coefficient (Wildman–Crippen LogP) is 3.07. The summed E-state index contributed by atoms with van der Waals surface area (Å²) in [5.74, 6) is -0.0685. The van der Waals surface area contributed by atoms with E-state index in [4.69, 9.17) is 9.47 Å². The molecule has 25 heavy (non-hydrogen) atoms. The van der Waals surface area contributed by atoms with Crippen molar-refractivity contribution in [2.24, 2.45) is 5.92 Å². The van der Waals surface area contributed by atoms with Gasteiger partial charge in [0.15, 0.2) is 0 Å². The first kappa shape index (κ1) is 19.7. The van der Waals surface area contributed by atoms with Crippen molar-refractivity contribution in [2.45, 2.75) is 44.4 Å². The molecule has 1 aromatic carbocycles. The number of methoxy groups -OCH3 is 1. The summed E-state index contributed by atoms with van der Waals surface area (Å²) in [6.45, 7) is 5.17. The van der Waals surface area contributed by atoms with Crippen molar-refractivity contribution in [3.63, 3.8) is 0 Å². The molecular weight excluding hydrogens is 342 g/mol. The third kappa shape index (κ3) is 4.95. The van der Waals surface area contributed by atoms with Crippen LogP contribution in [0.2, 0.25) is 0 Å². The van der Waals surface area contributed by atoms with E-state index in [-0.39, 0.29) is 23.0 Å². The lowest BCUT2D eigenvalue weighted by atomic mass is 10.2. The summed E-state index contributed by atoms with van der Waals surface area (Å²) < 4.78 is 37.8. The molecule has 1 aliphatic rings. The summed E-state index contributed by atoms with van der Waals surface area (Å²) in [7, 11) is -2.19. The molecule has 1 fully saturated rings. The summed E-state index contributed by atoms with van der Waals surface area (Å²) in [5, 5.41) is 0. The molecule has 0 bridgehead atoms. The molecule has 7 heteroatoms. The van der Waals surface area contributed by atoms with Gasteiger partial charge in [-0.25, -0.2) is 13.2 Å². The Kier molecular flexibility index (Phi) is 6.84. The highest BCUT2D eigenvalue weighted by atomic mass is 32.2. The molecule has 0 saturated carbocycles. The zero-order chi connectivity index (χ0) is 18.4. The summed E-state index contributed by atoms with van der Waals surface area (Å²) >= 11 is 0. The average Bonchev–Trinajstić information content (AvgIpc) is 2.88. The van der Waals surface area contributed by atoms with E-state index in [1.807, 2.05) is 13.8 Å². The second-order valence-electron chi connectivity index (χ2n) is 6.67. The van der Waals surface area contributed by atoms with Crippen molar-refractivity contribution in [3.05, 3.63) is 23.8 Å². The molecule has 0 aliphatic carbocycles. The highest BCUT2D eigenvalue weighted by Crippen LogP contribution is 2.26. The number of sulfonamides is 1. The number of nitrogens with zero attached hydrogens (tertiary/aromatic N) is 1. The fourth-order valence-electron chi connectivity index (χ4n) is 2.76. The van der Waals surface area contributed by atoms with Gasteiger partial charge in [-0.05, 0) is 37.0 Å². The number of benzene rings is 1. The van der Waals surface area contributed by atoms with Crippen LogP contribution in [0.3, 0.4) is 0 Å². The van der Waals surface area contributed by atoms with Gasteiger partial charge in [-0.3, -0.25) is 0 Å². The van der Waals surface area contributed by atoms with E-state index in [1.165, 1.54) is 29.6 Å². The first-order chi connectivity index (χ1) is 11.9. The molecule has 0 aromatic heterocycles. The third-order valence-corrected chi connectivity index (χ3v) is 6.04. The molecule has 0 N–H and O–H groups in total. The normalized spacial score (nSPS) is 16.5. The fourth-order valence-corrected chi connectivity index (χ4v) is 4.30. The summed E-state index contributed by atoms with van der Waals surface area (Å²) in [4.78, 5) is 12.4. The van der Waals surface area contributed by atoms with E-state index in [2.05, 4.69) is 0 Å². The molecule has 0 radical (unpaired) electrons. The van der Waals surface area contributed by atoms with E-state index in [1.54, 1.807) is 0 Å². The molecule has 0 unspecified atom stereocenters. The van der Waals surface area contributed by atoms with Crippen LogP contribution >= 0.6 is 0 Å². The van der Waals surface area contributed by atoms with Gasteiger partial charge in [0.05, 0.1) is 18.6 Å². The first-order valence-corrected chi connectivity index (χ1v) is 10.2. The Morgan fingerprint density at radius 2 is 1.80 bits per heavy atom. The van der Waals surface area contributed by atoms with Gasteiger partial charge in [-0.15, -0.1) is 0 Å². The summed E-state index contributed by atoms with van der Waals surface area (Å²) in [5.41, 5.74) is 0.138. The smallest absolute Gasteiger partial charge is 0.341 e. The van der Waals surface area contributed by atoms with Crippen molar-refractivity contribution in [1.82, 2.24) is 4.31 Å². The van der Waals surface area contributed by atoms with Crippen LogP contribution in [0.1, 0.15) is 49.9 Å². The lowest BCUT2D eigenvalue weighted by Gasteiger charge is -2.20. The molecule has 140 valence electrons. The number of hydrogen-bond acceptors (Lipinski definition) is 5. The highest BCUT2D eigenvalue weighted by Gasteiger charge is 2.27. The second-order valence-corrected chi connectivity index (χ2v) is 8.61. The SMILES string of the molecule is COc1ccc(S(=O)(=O)N2CCCCCC2)cc1C(=O)OCC(C)C. The summed E-state index contributed by atoms with van der Waals surface area (Å²) in [6, 6.07) is 4.36. The minimum atomic E-state index is -3.63. The van der Waals surface area contributed by atoms with Gasteiger partial charge in [0.1, 0.15) is 11.3 Å². The Bertz CT molecular complexity index is 691. The van der Waals surface area contributed by atoms with E-state index in [0.29, 0.717) is 18.8 Å². The molecule has 1 aliphatic heterocycles. The number of ether oxygens (including phenoxy) is 2. The molecule has 6 nitrogen and oxygen atoms in total. The van der Waals surface area contributed by atoms with Gasteiger partial charge < -0.3 is 9.47 Å². The topological polar surface area (TPSA) is 72.9 Å². The maximum atomic E-state index is 12.9. The molecule has 1 aromatic rings. The van der Waals surface area contributed by atoms with Gasteiger partial charge in [-0.2, -0.15) is 4.31 Å².